The molecule has 0 amide bonds. The van der Waals surface area contributed by atoms with Crippen LogP contribution in [0.4, 0.5) is 0 Å². The van der Waals surface area contributed by atoms with E-state index < -0.39 is 0 Å². The summed E-state index contributed by atoms with van der Waals surface area (Å²) in [7, 11) is 0. The molecule has 0 spiro atoms. The Morgan fingerprint density at radius 2 is 2.07 bits per heavy atom. The first kappa shape index (κ1) is 12.1. The quantitative estimate of drug-likeness (QED) is 0.401. The maximum absolute atomic E-state index is 5.20. The SMILES string of the molecule is CCCCOOc1cccc(C(C)C)c1. The molecule has 0 atom stereocenters. The Balaban J connectivity index is 2.43. The first-order valence-electron chi connectivity index (χ1n) is 5.63. The van der Waals surface area contributed by atoms with Crippen LogP contribution in [-0.4, -0.2) is 6.61 Å². The van der Waals surface area contributed by atoms with Crippen LogP contribution in [-0.2, 0) is 4.89 Å². The third-order valence-electron chi connectivity index (χ3n) is 2.26. The molecular weight excluding hydrogens is 188 g/mol. The summed E-state index contributed by atoms with van der Waals surface area (Å²) in [6.45, 7) is 7.11. The van der Waals surface area contributed by atoms with Crippen molar-refractivity contribution in [1.82, 2.24) is 0 Å². The van der Waals surface area contributed by atoms with E-state index in [1.165, 1.54) is 5.56 Å². The zero-order valence-corrected chi connectivity index (χ0v) is 9.82. The predicted octanol–water partition coefficient (Wildman–Crippen LogP) is 3.92. The number of rotatable bonds is 6. The third kappa shape index (κ3) is 4.34. The lowest BCUT2D eigenvalue weighted by molar-refractivity contribution is -0.207. The minimum atomic E-state index is 0.518. The van der Waals surface area contributed by atoms with Gasteiger partial charge < -0.3 is 4.89 Å². The molecule has 0 fully saturated rings. The average Bonchev–Trinajstić information content (AvgIpc) is 2.25. The van der Waals surface area contributed by atoms with Crippen LogP contribution < -0.4 is 4.89 Å². The van der Waals surface area contributed by atoms with Crippen molar-refractivity contribution in [3.05, 3.63) is 29.8 Å². The molecule has 1 aromatic carbocycles. The average molecular weight is 208 g/mol. The van der Waals surface area contributed by atoms with E-state index in [0.717, 1.165) is 18.6 Å². The fourth-order valence-corrected chi connectivity index (χ4v) is 1.24. The minimum absolute atomic E-state index is 0.518. The Morgan fingerprint density at radius 3 is 2.73 bits per heavy atom. The molecule has 1 rings (SSSR count). The molecule has 0 aromatic heterocycles. The normalized spacial score (nSPS) is 10.7. The van der Waals surface area contributed by atoms with Gasteiger partial charge in [0.15, 0.2) is 5.75 Å². The van der Waals surface area contributed by atoms with Gasteiger partial charge in [0.25, 0.3) is 0 Å². The van der Waals surface area contributed by atoms with Gasteiger partial charge in [-0.05, 0) is 30.0 Å². The molecule has 15 heavy (non-hydrogen) atoms. The van der Waals surface area contributed by atoms with Gasteiger partial charge in [-0.15, -0.1) is 0 Å². The fraction of sp³-hybridized carbons (Fsp3) is 0.538. The molecule has 2 heteroatoms. The van der Waals surface area contributed by atoms with Crippen molar-refractivity contribution >= 4 is 0 Å². The zero-order valence-electron chi connectivity index (χ0n) is 9.82. The summed E-state index contributed by atoms with van der Waals surface area (Å²) >= 11 is 0. The van der Waals surface area contributed by atoms with Crippen LogP contribution in [0.2, 0.25) is 0 Å². The molecule has 0 unspecified atom stereocenters. The van der Waals surface area contributed by atoms with Crippen molar-refractivity contribution in [2.45, 2.75) is 39.5 Å². The Morgan fingerprint density at radius 1 is 1.27 bits per heavy atom. The van der Waals surface area contributed by atoms with Gasteiger partial charge in [0.1, 0.15) is 0 Å². The second-order valence-corrected chi connectivity index (χ2v) is 3.99. The van der Waals surface area contributed by atoms with Crippen molar-refractivity contribution in [1.29, 1.82) is 0 Å². The summed E-state index contributed by atoms with van der Waals surface area (Å²) in [5.41, 5.74) is 1.27. The van der Waals surface area contributed by atoms with E-state index in [2.05, 4.69) is 26.8 Å². The molecule has 0 aliphatic carbocycles. The molecule has 1 aromatic rings. The van der Waals surface area contributed by atoms with Gasteiger partial charge in [0, 0.05) is 0 Å². The summed E-state index contributed by atoms with van der Waals surface area (Å²) in [5.74, 6) is 1.31. The summed E-state index contributed by atoms with van der Waals surface area (Å²) in [5, 5.41) is 0. The van der Waals surface area contributed by atoms with E-state index in [0.29, 0.717) is 12.5 Å². The van der Waals surface area contributed by atoms with Gasteiger partial charge in [-0.3, -0.25) is 0 Å². The summed E-state index contributed by atoms with van der Waals surface area (Å²) in [6, 6.07) is 8.03. The van der Waals surface area contributed by atoms with E-state index in [-0.39, 0.29) is 0 Å². The molecule has 0 aliphatic rings. The molecule has 0 saturated carbocycles. The molecule has 0 heterocycles. The Bertz CT molecular complexity index is 282. The molecule has 0 N–H and O–H groups in total. The highest BCUT2D eigenvalue weighted by Crippen LogP contribution is 2.20. The van der Waals surface area contributed by atoms with Gasteiger partial charge in [-0.25, -0.2) is 0 Å². The van der Waals surface area contributed by atoms with Crippen molar-refractivity contribution in [3.63, 3.8) is 0 Å². The van der Waals surface area contributed by atoms with Gasteiger partial charge in [0.2, 0.25) is 0 Å². The molecule has 0 aliphatic heterocycles. The molecule has 0 bridgehead atoms. The standard InChI is InChI=1S/C13H20O2/c1-4-5-9-14-15-13-8-6-7-12(10-13)11(2)3/h6-8,10-11H,4-5,9H2,1-3H3. The first-order chi connectivity index (χ1) is 7.24. The highest BCUT2D eigenvalue weighted by atomic mass is 17.2. The smallest absolute Gasteiger partial charge is 0.165 e. The first-order valence-corrected chi connectivity index (χ1v) is 5.63. The van der Waals surface area contributed by atoms with Crippen LogP contribution in [0, 0.1) is 0 Å². The van der Waals surface area contributed by atoms with Crippen molar-refractivity contribution < 1.29 is 9.78 Å². The number of benzene rings is 1. The highest BCUT2D eigenvalue weighted by molar-refractivity contribution is 5.29. The number of unbranched alkanes of at least 4 members (excludes halogenated alkanes) is 1. The lowest BCUT2D eigenvalue weighted by atomic mass is 10.0. The second-order valence-electron chi connectivity index (χ2n) is 3.99. The summed E-state index contributed by atoms with van der Waals surface area (Å²) in [6.07, 6.45) is 2.15. The van der Waals surface area contributed by atoms with E-state index in [4.69, 9.17) is 9.78 Å². The minimum Gasteiger partial charge on any atom is -0.338 e. The van der Waals surface area contributed by atoms with Crippen molar-refractivity contribution in [3.8, 4) is 5.75 Å². The molecule has 84 valence electrons. The molecular formula is C13H20O2. The molecule has 0 radical (unpaired) electrons. The van der Waals surface area contributed by atoms with Crippen LogP contribution in [0.5, 0.6) is 5.75 Å². The van der Waals surface area contributed by atoms with Crippen LogP contribution in [0.3, 0.4) is 0 Å². The highest BCUT2D eigenvalue weighted by Gasteiger charge is 2.01. The van der Waals surface area contributed by atoms with E-state index in [1.807, 2.05) is 18.2 Å². The van der Waals surface area contributed by atoms with Gasteiger partial charge >= 0.3 is 0 Å². The van der Waals surface area contributed by atoms with Crippen LogP contribution in [0.15, 0.2) is 24.3 Å². The monoisotopic (exact) mass is 208 g/mol. The van der Waals surface area contributed by atoms with E-state index in [1.54, 1.807) is 0 Å². The summed E-state index contributed by atoms with van der Waals surface area (Å²) in [4.78, 5) is 10.3. The Hall–Kier alpha value is -1.02. The maximum Gasteiger partial charge on any atom is 0.165 e. The van der Waals surface area contributed by atoms with Crippen molar-refractivity contribution in [2.24, 2.45) is 0 Å². The Labute approximate surface area is 92.1 Å². The van der Waals surface area contributed by atoms with Crippen LogP contribution >= 0.6 is 0 Å². The van der Waals surface area contributed by atoms with Crippen molar-refractivity contribution in [2.75, 3.05) is 6.61 Å². The number of hydrogen-bond acceptors (Lipinski definition) is 2. The second kappa shape index (κ2) is 6.46. The fourth-order valence-electron chi connectivity index (χ4n) is 1.24. The molecule has 0 saturated heterocycles. The van der Waals surface area contributed by atoms with Gasteiger partial charge in [-0.1, -0.05) is 39.3 Å². The summed E-state index contributed by atoms with van der Waals surface area (Å²) < 4.78 is 0. The Kier molecular flexibility index (Phi) is 5.19. The van der Waals surface area contributed by atoms with E-state index in [9.17, 15) is 0 Å². The third-order valence-corrected chi connectivity index (χ3v) is 2.26. The van der Waals surface area contributed by atoms with E-state index >= 15 is 0 Å². The molecule has 2 nitrogen and oxygen atoms in total. The van der Waals surface area contributed by atoms with Crippen LogP contribution in [0.25, 0.3) is 0 Å². The zero-order chi connectivity index (χ0) is 11.1. The van der Waals surface area contributed by atoms with Crippen LogP contribution in [0.1, 0.15) is 45.1 Å². The van der Waals surface area contributed by atoms with Gasteiger partial charge in [-0.2, -0.15) is 4.89 Å². The van der Waals surface area contributed by atoms with Gasteiger partial charge in [0.05, 0.1) is 6.61 Å². The lowest BCUT2D eigenvalue weighted by Crippen LogP contribution is -1.99. The topological polar surface area (TPSA) is 18.5 Å². The number of hydrogen-bond donors (Lipinski definition) is 0. The predicted molar refractivity (Wildman–Crippen MR) is 62.0 cm³/mol. The maximum atomic E-state index is 5.20. The lowest BCUT2D eigenvalue weighted by Gasteiger charge is -2.08. The largest absolute Gasteiger partial charge is 0.338 e.